The summed E-state index contributed by atoms with van der Waals surface area (Å²) >= 11 is 0. The van der Waals surface area contributed by atoms with Gasteiger partial charge in [-0.1, -0.05) is 12.1 Å². The number of carbonyl (C=O) groups excluding carboxylic acids is 1. The number of amides is 1. The number of imidazole rings is 1. The van der Waals surface area contributed by atoms with Crippen LogP contribution in [0.3, 0.4) is 0 Å². The van der Waals surface area contributed by atoms with Crippen LogP contribution in [0.2, 0.25) is 0 Å². The average molecular weight is 428 g/mol. The highest BCUT2D eigenvalue weighted by atomic mass is 32.2. The quantitative estimate of drug-likeness (QED) is 0.574. The maximum atomic E-state index is 12.8. The molecule has 1 saturated heterocycles. The molecule has 0 saturated carbocycles. The molecular weight excluding hydrogens is 402 g/mol. The number of nitrogens with two attached hydrogens (primary N) is 1. The fourth-order valence-electron chi connectivity index (χ4n) is 3.67. The van der Waals surface area contributed by atoms with Gasteiger partial charge < -0.3 is 15.6 Å². The first-order valence-corrected chi connectivity index (χ1v) is 11.4. The molecule has 1 fully saturated rings. The Morgan fingerprint density at radius 3 is 2.47 bits per heavy atom. The van der Waals surface area contributed by atoms with Gasteiger partial charge in [0.1, 0.15) is 5.82 Å². The van der Waals surface area contributed by atoms with Crippen molar-refractivity contribution in [1.29, 1.82) is 0 Å². The van der Waals surface area contributed by atoms with Crippen LogP contribution in [0.25, 0.3) is 22.4 Å². The fraction of sp³-hybridized carbons (Fsp3) is 0.333. The Morgan fingerprint density at radius 2 is 1.83 bits per heavy atom. The van der Waals surface area contributed by atoms with Crippen LogP contribution in [0, 0.1) is 0 Å². The van der Waals surface area contributed by atoms with Crippen molar-refractivity contribution >= 4 is 27.0 Å². The maximum absolute atomic E-state index is 12.8. The number of hydrogen-bond acceptors (Lipinski definition) is 5. The SMILES string of the molecule is C[C@H](N)C(=O)N1CCC(NS(=O)(=O)c2ccc(-c3nc4ccccc4[nH]3)cc2)CC1. The predicted octanol–water partition coefficient (Wildman–Crippen LogP) is 1.85. The summed E-state index contributed by atoms with van der Waals surface area (Å²) in [6.45, 7) is 2.66. The number of sulfonamides is 1. The highest BCUT2D eigenvalue weighted by molar-refractivity contribution is 7.89. The number of nitrogens with zero attached hydrogens (tertiary/aromatic N) is 2. The molecular formula is C21H25N5O3S. The van der Waals surface area contributed by atoms with E-state index >= 15 is 0 Å². The van der Waals surface area contributed by atoms with E-state index in [2.05, 4.69) is 14.7 Å². The normalized spacial score (nSPS) is 16.7. The maximum Gasteiger partial charge on any atom is 0.240 e. The van der Waals surface area contributed by atoms with Gasteiger partial charge in [0.05, 0.1) is 22.0 Å². The third-order valence-electron chi connectivity index (χ3n) is 5.35. The van der Waals surface area contributed by atoms with Gasteiger partial charge in [-0.2, -0.15) is 0 Å². The Kier molecular flexibility index (Phi) is 5.59. The van der Waals surface area contributed by atoms with Gasteiger partial charge in [-0.25, -0.2) is 18.1 Å². The molecule has 1 aliphatic heterocycles. The number of likely N-dealkylation sites (tertiary alicyclic amines) is 1. The van der Waals surface area contributed by atoms with Gasteiger partial charge in [-0.3, -0.25) is 4.79 Å². The molecule has 1 aliphatic rings. The molecule has 3 aromatic rings. The van der Waals surface area contributed by atoms with E-state index in [0.29, 0.717) is 31.8 Å². The smallest absolute Gasteiger partial charge is 0.240 e. The summed E-state index contributed by atoms with van der Waals surface area (Å²) in [6.07, 6.45) is 1.13. The van der Waals surface area contributed by atoms with E-state index in [0.717, 1.165) is 16.6 Å². The minimum atomic E-state index is -3.65. The minimum absolute atomic E-state index is 0.0996. The van der Waals surface area contributed by atoms with Gasteiger partial charge in [0.2, 0.25) is 15.9 Å². The van der Waals surface area contributed by atoms with Crippen molar-refractivity contribution in [2.45, 2.75) is 36.7 Å². The Labute approximate surface area is 175 Å². The van der Waals surface area contributed by atoms with Crippen LogP contribution >= 0.6 is 0 Å². The zero-order valence-corrected chi connectivity index (χ0v) is 17.5. The van der Waals surface area contributed by atoms with Crippen molar-refractivity contribution in [3.8, 4) is 11.4 Å². The summed E-state index contributed by atoms with van der Waals surface area (Å²) in [5.41, 5.74) is 8.25. The lowest BCUT2D eigenvalue weighted by molar-refractivity contribution is -0.133. The first kappa shape index (κ1) is 20.5. The molecule has 30 heavy (non-hydrogen) atoms. The first-order chi connectivity index (χ1) is 14.3. The van der Waals surface area contributed by atoms with Crippen LogP contribution in [0.1, 0.15) is 19.8 Å². The number of nitrogens with one attached hydrogen (secondary N) is 2. The van der Waals surface area contributed by atoms with Crippen LogP contribution in [0.5, 0.6) is 0 Å². The van der Waals surface area contributed by atoms with Crippen molar-refractivity contribution in [3.05, 3.63) is 48.5 Å². The number of fused-ring (bicyclic) bond motifs is 1. The molecule has 0 radical (unpaired) electrons. The van der Waals surface area contributed by atoms with Crippen LogP contribution in [-0.4, -0.2) is 54.4 Å². The number of aromatic amines is 1. The predicted molar refractivity (Wildman–Crippen MR) is 115 cm³/mol. The second kappa shape index (κ2) is 8.17. The van der Waals surface area contributed by atoms with Crippen LogP contribution < -0.4 is 10.5 Å². The van der Waals surface area contributed by atoms with Gasteiger partial charge in [0.25, 0.3) is 0 Å². The van der Waals surface area contributed by atoms with Crippen molar-refractivity contribution in [2.24, 2.45) is 5.73 Å². The molecule has 1 aromatic heterocycles. The monoisotopic (exact) mass is 427 g/mol. The molecule has 2 heterocycles. The van der Waals surface area contributed by atoms with E-state index in [4.69, 9.17) is 5.73 Å². The summed E-state index contributed by atoms with van der Waals surface area (Å²) in [4.78, 5) is 21.6. The Hall–Kier alpha value is -2.75. The zero-order valence-electron chi connectivity index (χ0n) is 16.7. The molecule has 1 amide bonds. The number of benzene rings is 2. The molecule has 8 nitrogen and oxygen atoms in total. The highest BCUT2D eigenvalue weighted by Gasteiger charge is 2.27. The number of rotatable bonds is 5. The number of para-hydroxylation sites is 2. The van der Waals surface area contributed by atoms with E-state index in [9.17, 15) is 13.2 Å². The number of hydrogen-bond donors (Lipinski definition) is 3. The van der Waals surface area contributed by atoms with Crippen LogP contribution in [0.15, 0.2) is 53.4 Å². The molecule has 2 aromatic carbocycles. The lowest BCUT2D eigenvalue weighted by atomic mass is 10.1. The number of aromatic nitrogens is 2. The zero-order chi connectivity index (χ0) is 21.3. The topological polar surface area (TPSA) is 121 Å². The molecule has 9 heteroatoms. The second-order valence-corrected chi connectivity index (χ2v) is 9.35. The molecule has 0 unspecified atom stereocenters. The fourth-order valence-corrected chi connectivity index (χ4v) is 4.98. The largest absolute Gasteiger partial charge is 0.341 e. The summed E-state index contributed by atoms with van der Waals surface area (Å²) < 4.78 is 28.3. The lowest BCUT2D eigenvalue weighted by Crippen LogP contribution is -2.50. The highest BCUT2D eigenvalue weighted by Crippen LogP contribution is 2.22. The number of carbonyl (C=O) groups is 1. The van der Waals surface area contributed by atoms with Gasteiger partial charge in [0, 0.05) is 24.7 Å². The molecule has 4 rings (SSSR count). The summed E-state index contributed by atoms with van der Waals surface area (Å²) in [5, 5.41) is 0. The van der Waals surface area contributed by atoms with Crippen molar-refractivity contribution in [2.75, 3.05) is 13.1 Å². The Bertz CT molecular complexity index is 1110. The lowest BCUT2D eigenvalue weighted by Gasteiger charge is -2.33. The minimum Gasteiger partial charge on any atom is -0.341 e. The number of piperidine rings is 1. The van der Waals surface area contributed by atoms with Gasteiger partial charge in [0.15, 0.2) is 0 Å². The van der Waals surface area contributed by atoms with Crippen LogP contribution in [-0.2, 0) is 14.8 Å². The van der Waals surface area contributed by atoms with Crippen molar-refractivity contribution in [1.82, 2.24) is 19.6 Å². The Morgan fingerprint density at radius 1 is 1.17 bits per heavy atom. The Balaban J connectivity index is 1.43. The molecule has 0 aliphatic carbocycles. The van der Waals surface area contributed by atoms with E-state index in [1.165, 1.54) is 0 Å². The second-order valence-electron chi connectivity index (χ2n) is 7.64. The van der Waals surface area contributed by atoms with Gasteiger partial charge in [-0.15, -0.1) is 0 Å². The third kappa shape index (κ3) is 4.23. The van der Waals surface area contributed by atoms with E-state index < -0.39 is 16.1 Å². The van der Waals surface area contributed by atoms with Crippen molar-refractivity contribution < 1.29 is 13.2 Å². The molecule has 4 N–H and O–H groups in total. The molecule has 1 atom stereocenters. The number of H-pyrrole nitrogens is 1. The van der Waals surface area contributed by atoms with E-state index in [-0.39, 0.29) is 16.8 Å². The van der Waals surface area contributed by atoms with Gasteiger partial charge >= 0.3 is 0 Å². The molecule has 158 valence electrons. The van der Waals surface area contributed by atoms with Gasteiger partial charge in [-0.05, 0) is 56.2 Å². The van der Waals surface area contributed by atoms with E-state index in [1.807, 2.05) is 24.3 Å². The summed E-state index contributed by atoms with van der Waals surface area (Å²) in [7, 11) is -3.65. The van der Waals surface area contributed by atoms with Crippen molar-refractivity contribution in [3.63, 3.8) is 0 Å². The molecule has 0 spiro atoms. The standard InChI is InChI=1S/C21H25N5O3S/c1-14(22)21(27)26-12-10-16(11-13-26)25-30(28,29)17-8-6-15(7-9-17)20-23-18-4-2-3-5-19(18)24-20/h2-9,14,16,25H,10-13,22H2,1H3,(H,23,24)/t14-/m0/s1. The molecule has 0 bridgehead atoms. The summed E-state index contributed by atoms with van der Waals surface area (Å²) in [6, 6.07) is 13.6. The summed E-state index contributed by atoms with van der Waals surface area (Å²) in [5.74, 6) is 0.594. The average Bonchev–Trinajstić information content (AvgIpc) is 3.18. The van der Waals surface area contributed by atoms with E-state index in [1.54, 1.807) is 36.1 Å². The first-order valence-electron chi connectivity index (χ1n) is 9.95. The third-order valence-corrected chi connectivity index (χ3v) is 6.88. The van der Waals surface area contributed by atoms with Crippen LogP contribution in [0.4, 0.5) is 0 Å².